The van der Waals surface area contributed by atoms with E-state index in [4.69, 9.17) is 16.3 Å². The van der Waals surface area contributed by atoms with Crippen LogP contribution in [-0.4, -0.2) is 19.7 Å². The molecule has 0 spiro atoms. The van der Waals surface area contributed by atoms with Crippen LogP contribution in [0.4, 0.5) is 0 Å². The van der Waals surface area contributed by atoms with Crippen LogP contribution in [0.1, 0.15) is 31.7 Å². The molecule has 1 N–H and O–H groups in total. The Bertz CT molecular complexity index is 372. The Kier molecular flexibility index (Phi) is 4.30. The summed E-state index contributed by atoms with van der Waals surface area (Å²) < 4.78 is 5.94. The molecular formula is C14H20ClNO. The largest absolute Gasteiger partial charge is 0.493 e. The molecule has 0 bridgehead atoms. The Morgan fingerprint density at radius 2 is 2.29 bits per heavy atom. The first-order valence-electron chi connectivity index (χ1n) is 6.30. The van der Waals surface area contributed by atoms with Gasteiger partial charge in [0.15, 0.2) is 0 Å². The van der Waals surface area contributed by atoms with Gasteiger partial charge in [0.25, 0.3) is 0 Å². The quantitative estimate of drug-likeness (QED) is 0.888. The second kappa shape index (κ2) is 5.74. The number of rotatable bonds is 4. The highest BCUT2D eigenvalue weighted by Crippen LogP contribution is 2.29. The fourth-order valence-corrected chi connectivity index (χ4v) is 2.35. The molecule has 94 valence electrons. The van der Waals surface area contributed by atoms with Crippen LogP contribution in [0, 0.1) is 5.92 Å². The van der Waals surface area contributed by atoms with Gasteiger partial charge in [-0.3, -0.25) is 0 Å². The second-order valence-electron chi connectivity index (χ2n) is 5.01. The van der Waals surface area contributed by atoms with Crippen molar-refractivity contribution < 1.29 is 4.74 Å². The molecular weight excluding hydrogens is 234 g/mol. The van der Waals surface area contributed by atoms with E-state index in [2.05, 4.69) is 19.2 Å². The third-order valence-electron chi connectivity index (χ3n) is 3.23. The zero-order chi connectivity index (χ0) is 12.3. The van der Waals surface area contributed by atoms with E-state index in [-0.39, 0.29) is 0 Å². The molecule has 1 heterocycles. The number of hydrogen-bond acceptors (Lipinski definition) is 2. The third-order valence-corrected chi connectivity index (χ3v) is 3.47. The maximum atomic E-state index is 6.02. The summed E-state index contributed by atoms with van der Waals surface area (Å²) in [5.41, 5.74) is 1.20. The minimum atomic E-state index is 0.436. The van der Waals surface area contributed by atoms with Gasteiger partial charge in [-0.25, -0.2) is 0 Å². The molecule has 0 aliphatic carbocycles. The maximum Gasteiger partial charge on any atom is 0.122 e. The minimum Gasteiger partial charge on any atom is -0.493 e. The summed E-state index contributed by atoms with van der Waals surface area (Å²) in [4.78, 5) is 0. The first-order valence-corrected chi connectivity index (χ1v) is 6.67. The lowest BCUT2D eigenvalue weighted by molar-refractivity contribution is 0.257. The molecule has 1 saturated heterocycles. The summed E-state index contributed by atoms with van der Waals surface area (Å²) in [6, 6.07) is 5.89. The number of halogens is 1. The van der Waals surface area contributed by atoms with Crippen molar-refractivity contribution in [2.24, 2.45) is 5.92 Å². The molecule has 1 aliphatic rings. The molecule has 1 aromatic carbocycles. The van der Waals surface area contributed by atoms with Crippen molar-refractivity contribution in [2.45, 2.75) is 26.2 Å². The lowest BCUT2D eigenvalue weighted by Crippen LogP contribution is -2.16. The van der Waals surface area contributed by atoms with Crippen LogP contribution >= 0.6 is 11.6 Å². The van der Waals surface area contributed by atoms with E-state index in [1.807, 2.05) is 18.2 Å². The Morgan fingerprint density at radius 1 is 1.47 bits per heavy atom. The van der Waals surface area contributed by atoms with Crippen molar-refractivity contribution in [3.8, 4) is 5.75 Å². The number of nitrogens with one attached hydrogen (secondary N) is 1. The molecule has 1 fully saturated rings. The number of benzene rings is 1. The summed E-state index contributed by atoms with van der Waals surface area (Å²) in [5.74, 6) is 2.06. The summed E-state index contributed by atoms with van der Waals surface area (Å²) >= 11 is 6.02. The Hall–Kier alpha value is -0.730. The van der Waals surface area contributed by atoms with E-state index in [9.17, 15) is 0 Å². The van der Waals surface area contributed by atoms with Crippen LogP contribution in [0.25, 0.3) is 0 Å². The van der Waals surface area contributed by atoms with Gasteiger partial charge in [0.05, 0.1) is 6.61 Å². The van der Waals surface area contributed by atoms with E-state index in [0.29, 0.717) is 11.8 Å². The molecule has 0 saturated carbocycles. The highest BCUT2D eigenvalue weighted by atomic mass is 35.5. The predicted octanol–water partition coefficient (Wildman–Crippen LogP) is 3.45. The van der Waals surface area contributed by atoms with Gasteiger partial charge in [0.2, 0.25) is 0 Å². The van der Waals surface area contributed by atoms with Crippen molar-refractivity contribution in [3.05, 3.63) is 28.8 Å². The van der Waals surface area contributed by atoms with Gasteiger partial charge in [0, 0.05) is 17.5 Å². The van der Waals surface area contributed by atoms with Crippen molar-refractivity contribution in [1.82, 2.24) is 5.32 Å². The zero-order valence-electron chi connectivity index (χ0n) is 10.5. The topological polar surface area (TPSA) is 21.3 Å². The fraction of sp³-hybridized carbons (Fsp3) is 0.571. The Labute approximate surface area is 108 Å². The Morgan fingerprint density at radius 3 is 2.94 bits per heavy atom. The molecule has 0 amide bonds. The first-order chi connectivity index (χ1) is 8.16. The van der Waals surface area contributed by atoms with Crippen LogP contribution in [0.15, 0.2) is 18.2 Å². The molecule has 1 aromatic rings. The van der Waals surface area contributed by atoms with Crippen molar-refractivity contribution in [1.29, 1.82) is 0 Å². The third kappa shape index (κ3) is 3.36. The monoisotopic (exact) mass is 253 g/mol. The molecule has 17 heavy (non-hydrogen) atoms. The number of ether oxygens (including phenoxy) is 1. The van der Waals surface area contributed by atoms with E-state index >= 15 is 0 Å². The second-order valence-corrected chi connectivity index (χ2v) is 5.44. The van der Waals surface area contributed by atoms with Gasteiger partial charge in [-0.15, -0.1) is 0 Å². The minimum absolute atomic E-state index is 0.436. The van der Waals surface area contributed by atoms with Gasteiger partial charge < -0.3 is 10.1 Å². The maximum absolute atomic E-state index is 6.02. The van der Waals surface area contributed by atoms with Gasteiger partial charge in [-0.05, 0) is 42.6 Å². The van der Waals surface area contributed by atoms with Gasteiger partial charge in [-0.2, -0.15) is 0 Å². The molecule has 1 aliphatic heterocycles. The average molecular weight is 254 g/mol. The fourth-order valence-electron chi connectivity index (χ4n) is 2.17. The van der Waals surface area contributed by atoms with Crippen LogP contribution < -0.4 is 10.1 Å². The molecule has 2 nitrogen and oxygen atoms in total. The standard InChI is InChI=1S/C14H20ClNO/c1-10(2)13-7-12(15)3-4-14(13)17-9-11-5-6-16-8-11/h3-4,7,10-11,16H,5-6,8-9H2,1-2H3/t11-/m1/s1. The summed E-state index contributed by atoms with van der Waals surface area (Å²) in [5, 5.41) is 4.14. The van der Waals surface area contributed by atoms with Crippen molar-refractivity contribution in [2.75, 3.05) is 19.7 Å². The predicted molar refractivity (Wildman–Crippen MR) is 72.0 cm³/mol. The Balaban J connectivity index is 2.03. The van der Waals surface area contributed by atoms with Crippen LogP contribution in [0.3, 0.4) is 0 Å². The van der Waals surface area contributed by atoms with Gasteiger partial charge in [0.1, 0.15) is 5.75 Å². The molecule has 0 aromatic heterocycles. The molecule has 0 radical (unpaired) electrons. The zero-order valence-corrected chi connectivity index (χ0v) is 11.3. The average Bonchev–Trinajstić information content (AvgIpc) is 2.80. The summed E-state index contributed by atoms with van der Waals surface area (Å²) in [6.07, 6.45) is 1.21. The van der Waals surface area contributed by atoms with E-state index in [1.165, 1.54) is 12.0 Å². The molecule has 2 rings (SSSR count). The van der Waals surface area contributed by atoms with E-state index < -0.39 is 0 Å². The SMILES string of the molecule is CC(C)c1cc(Cl)ccc1OC[C@@H]1CCNC1. The highest BCUT2D eigenvalue weighted by molar-refractivity contribution is 6.30. The molecule has 3 heteroatoms. The lowest BCUT2D eigenvalue weighted by Gasteiger charge is -2.16. The molecule has 0 unspecified atom stereocenters. The van der Waals surface area contributed by atoms with Crippen molar-refractivity contribution >= 4 is 11.6 Å². The van der Waals surface area contributed by atoms with Crippen LogP contribution in [0.5, 0.6) is 5.75 Å². The summed E-state index contributed by atoms with van der Waals surface area (Å²) in [6.45, 7) is 7.32. The van der Waals surface area contributed by atoms with E-state index in [0.717, 1.165) is 30.5 Å². The normalized spacial score (nSPS) is 19.9. The van der Waals surface area contributed by atoms with Crippen molar-refractivity contribution in [3.63, 3.8) is 0 Å². The van der Waals surface area contributed by atoms with Crippen LogP contribution in [0.2, 0.25) is 5.02 Å². The van der Waals surface area contributed by atoms with E-state index in [1.54, 1.807) is 0 Å². The highest BCUT2D eigenvalue weighted by Gasteiger charge is 2.16. The van der Waals surface area contributed by atoms with Gasteiger partial charge >= 0.3 is 0 Å². The molecule has 1 atom stereocenters. The smallest absolute Gasteiger partial charge is 0.122 e. The number of hydrogen-bond donors (Lipinski definition) is 1. The first kappa shape index (κ1) is 12.7. The van der Waals surface area contributed by atoms with Gasteiger partial charge in [-0.1, -0.05) is 25.4 Å². The van der Waals surface area contributed by atoms with Crippen LogP contribution in [-0.2, 0) is 0 Å². The summed E-state index contributed by atoms with van der Waals surface area (Å²) in [7, 11) is 0. The lowest BCUT2D eigenvalue weighted by atomic mass is 10.0.